The van der Waals surface area contributed by atoms with Crippen LogP contribution in [0.25, 0.3) is 10.9 Å². The molecule has 0 aliphatic carbocycles. The largest absolute Gasteiger partial charge is 0.363 e. The summed E-state index contributed by atoms with van der Waals surface area (Å²) in [5.74, 6) is -1.55. The first kappa shape index (κ1) is 10.4. The Kier molecular flexibility index (Phi) is 2.48. The van der Waals surface area contributed by atoms with Gasteiger partial charge in [-0.25, -0.2) is 0 Å². The molecule has 0 radical (unpaired) electrons. The van der Waals surface area contributed by atoms with Crippen molar-refractivity contribution in [3.63, 3.8) is 0 Å². The van der Waals surface area contributed by atoms with Crippen LogP contribution >= 0.6 is 0 Å². The maximum atomic E-state index is 11.6. The molecule has 1 aromatic carbocycles. The summed E-state index contributed by atoms with van der Waals surface area (Å²) in [6, 6.07) is 7.46. The van der Waals surface area contributed by atoms with Gasteiger partial charge in [0.2, 0.25) is 0 Å². The number of ketones is 1. The standard InChI is InChI=1S/C12H12N2O2/c1-2-14-7-9(11(15)12(13)16)8-5-3-4-6-10(8)14/h3-7H,2H2,1H3,(H2,13,16). The van der Waals surface area contributed by atoms with E-state index < -0.39 is 11.7 Å². The zero-order chi connectivity index (χ0) is 11.7. The summed E-state index contributed by atoms with van der Waals surface area (Å²) in [5, 5.41) is 0.771. The van der Waals surface area contributed by atoms with Crippen LogP contribution in [0.5, 0.6) is 0 Å². The zero-order valence-electron chi connectivity index (χ0n) is 8.93. The number of nitrogens with zero attached hydrogens (tertiary/aromatic N) is 1. The molecule has 4 nitrogen and oxygen atoms in total. The van der Waals surface area contributed by atoms with Crippen LogP contribution in [0.2, 0.25) is 0 Å². The molecule has 0 spiro atoms. The second kappa shape index (κ2) is 3.81. The highest BCUT2D eigenvalue weighted by molar-refractivity contribution is 6.44. The number of aryl methyl sites for hydroxylation is 1. The molecule has 2 N–H and O–H groups in total. The van der Waals surface area contributed by atoms with Crippen molar-refractivity contribution in [3.8, 4) is 0 Å². The molecule has 0 atom stereocenters. The molecule has 1 aromatic heterocycles. The first-order chi connectivity index (χ1) is 7.65. The molecular formula is C12H12N2O2. The molecule has 82 valence electrons. The van der Waals surface area contributed by atoms with Crippen LogP contribution in [-0.2, 0) is 11.3 Å². The lowest BCUT2D eigenvalue weighted by Gasteiger charge is -1.97. The van der Waals surface area contributed by atoms with Gasteiger partial charge in [0.05, 0.1) is 5.56 Å². The fraction of sp³-hybridized carbons (Fsp3) is 0.167. The highest BCUT2D eigenvalue weighted by Crippen LogP contribution is 2.21. The van der Waals surface area contributed by atoms with Crippen LogP contribution in [0.4, 0.5) is 0 Å². The lowest BCUT2D eigenvalue weighted by atomic mass is 10.1. The van der Waals surface area contributed by atoms with Crippen molar-refractivity contribution < 1.29 is 9.59 Å². The molecule has 0 saturated heterocycles. The Bertz CT molecular complexity index is 569. The third-order valence-corrected chi connectivity index (χ3v) is 2.60. The van der Waals surface area contributed by atoms with Gasteiger partial charge < -0.3 is 10.3 Å². The normalized spacial score (nSPS) is 10.6. The van der Waals surface area contributed by atoms with E-state index in [4.69, 9.17) is 5.73 Å². The Balaban J connectivity index is 2.71. The predicted molar refractivity (Wildman–Crippen MR) is 61.1 cm³/mol. The van der Waals surface area contributed by atoms with E-state index >= 15 is 0 Å². The van der Waals surface area contributed by atoms with Gasteiger partial charge >= 0.3 is 0 Å². The zero-order valence-corrected chi connectivity index (χ0v) is 8.93. The summed E-state index contributed by atoms with van der Waals surface area (Å²) in [4.78, 5) is 22.5. The van der Waals surface area contributed by atoms with Crippen molar-refractivity contribution in [1.29, 1.82) is 0 Å². The third-order valence-electron chi connectivity index (χ3n) is 2.60. The van der Waals surface area contributed by atoms with E-state index in [0.717, 1.165) is 17.4 Å². The van der Waals surface area contributed by atoms with Crippen LogP contribution in [0.3, 0.4) is 0 Å². The highest BCUT2D eigenvalue weighted by Gasteiger charge is 2.18. The monoisotopic (exact) mass is 216 g/mol. The van der Waals surface area contributed by atoms with E-state index in [1.807, 2.05) is 35.8 Å². The minimum absolute atomic E-state index is 0.380. The molecule has 0 aliphatic heterocycles. The number of primary amides is 1. The van der Waals surface area contributed by atoms with Crippen LogP contribution in [-0.4, -0.2) is 16.3 Å². The van der Waals surface area contributed by atoms with Crippen molar-refractivity contribution in [2.75, 3.05) is 0 Å². The maximum Gasteiger partial charge on any atom is 0.289 e. The Hall–Kier alpha value is -2.10. The molecule has 1 heterocycles. The summed E-state index contributed by atoms with van der Waals surface area (Å²) >= 11 is 0. The Labute approximate surface area is 92.7 Å². The SMILES string of the molecule is CCn1cc(C(=O)C(N)=O)c2ccccc21. The van der Waals surface area contributed by atoms with Gasteiger partial charge in [0.1, 0.15) is 0 Å². The van der Waals surface area contributed by atoms with Crippen molar-refractivity contribution >= 4 is 22.6 Å². The van der Waals surface area contributed by atoms with Crippen LogP contribution in [0, 0.1) is 0 Å². The number of fused-ring (bicyclic) bond motifs is 1. The number of nitrogens with two attached hydrogens (primary N) is 1. The predicted octanol–water partition coefficient (Wildman–Crippen LogP) is 1.33. The maximum absolute atomic E-state index is 11.6. The third kappa shape index (κ3) is 1.48. The second-order valence-corrected chi connectivity index (χ2v) is 3.54. The number of rotatable bonds is 3. The average molecular weight is 216 g/mol. The van der Waals surface area contributed by atoms with Crippen LogP contribution in [0.15, 0.2) is 30.5 Å². The Morgan fingerprint density at radius 1 is 1.31 bits per heavy atom. The van der Waals surface area contributed by atoms with Crippen LogP contribution in [0.1, 0.15) is 17.3 Å². The molecule has 2 aromatic rings. The quantitative estimate of drug-likeness (QED) is 0.621. The number of amides is 1. The van der Waals surface area contributed by atoms with Gasteiger partial charge in [-0.15, -0.1) is 0 Å². The van der Waals surface area contributed by atoms with Crippen LogP contribution < -0.4 is 5.73 Å². The van der Waals surface area contributed by atoms with E-state index in [2.05, 4.69) is 0 Å². The van der Waals surface area contributed by atoms with Crippen molar-refractivity contribution in [2.24, 2.45) is 5.73 Å². The lowest BCUT2D eigenvalue weighted by molar-refractivity contribution is -0.114. The first-order valence-electron chi connectivity index (χ1n) is 5.07. The summed E-state index contributed by atoms with van der Waals surface area (Å²) < 4.78 is 1.92. The van der Waals surface area contributed by atoms with Gasteiger partial charge in [-0.1, -0.05) is 18.2 Å². The number of para-hydroxylation sites is 1. The van der Waals surface area contributed by atoms with E-state index in [1.165, 1.54) is 0 Å². The molecule has 0 saturated carbocycles. The fourth-order valence-corrected chi connectivity index (χ4v) is 1.82. The fourth-order valence-electron chi connectivity index (χ4n) is 1.82. The van der Waals surface area contributed by atoms with Gasteiger partial charge in [0.15, 0.2) is 0 Å². The van der Waals surface area contributed by atoms with Gasteiger partial charge in [-0.2, -0.15) is 0 Å². The number of Topliss-reactive ketones (excluding diaryl/α,β-unsaturated/α-hetero) is 1. The Morgan fingerprint density at radius 3 is 2.62 bits per heavy atom. The van der Waals surface area contributed by atoms with E-state index in [0.29, 0.717) is 5.56 Å². The number of hydrogen-bond donors (Lipinski definition) is 1. The topological polar surface area (TPSA) is 65.1 Å². The van der Waals surface area contributed by atoms with Crippen molar-refractivity contribution in [2.45, 2.75) is 13.5 Å². The number of hydrogen-bond acceptors (Lipinski definition) is 2. The van der Waals surface area contributed by atoms with E-state index in [-0.39, 0.29) is 0 Å². The molecular weight excluding hydrogens is 204 g/mol. The molecule has 4 heteroatoms. The van der Waals surface area contributed by atoms with Gasteiger partial charge in [-0.3, -0.25) is 9.59 Å². The van der Waals surface area contributed by atoms with Gasteiger partial charge in [-0.05, 0) is 13.0 Å². The van der Waals surface area contributed by atoms with E-state index in [1.54, 1.807) is 6.20 Å². The number of aromatic nitrogens is 1. The first-order valence-corrected chi connectivity index (χ1v) is 5.07. The van der Waals surface area contributed by atoms with Crippen molar-refractivity contribution in [3.05, 3.63) is 36.0 Å². The number of benzene rings is 1. The molecule has 0 aliphatic rings. The molecule has 1 amide bonds. The number of carbonyl (C=O) groups excluding carboxylic acids is 2. The summed E-state index contributed by atoms with van der Waals surface area (Å²) in [7, 11) is 0. The summed E-state index contributed by atoms with van der Waals surface area (Å²) in [6.45, 7) is 2.72. The summed E-state index contributed by atoms with van der Waals surface area (Å²) in [6.07, 6.45) is 1.68. The van der Waals surface area contributed by atoms with Gasteiger partial charge in [0, 0.05) is 23.6 Å². The molecule has 16 heavy (non-hydrogen) atoms. The molecule has 2 rings (SSSR count). The second-order valence-electron chi connectivity index (χ2n) is 3.54. The van der Waals surface area contributed by atoms with E-state index in [9.17, 15) is 9.59 Å². The highest BCUT2D eigenvalue weighted by atomic mass is 16.2. The Morgan fingerprint density at radius 2 is 2.00 bits per heavy atom. The molecule has 0 fully saturated rings. The number of carbonyl (C=O) groups is 2. The minimum atomic E-state index is -0.918. The summed E-state index contributed by atoms with van der Waals surface area (Å²) in [5.41, 5.74) is 6.33. The molecule has 0 unspecified atom stereocenters. The minimum Gasteiger partial charge on any atom is -0.363 e. The average Bonchev–Trinajstić information content (AvgIpc) is 2.66. The van der Waals surface area contributed by atoms with Crippen molar-refractivity contribution in [1.82, 2.24) is 4.57 Å². The van der Waals surface area contributed by atoms with Gasteiger partial charge in [0.25, 0.3) is 11.7 Å². The molecule has 0 bridgehead atoms. The lowest BCUT2D eigenvalue weighted by Crippen LogP contribution is -2.22. The smallest absolute Gasteiger partial charge is 0.289 e.